The van der Waals surface area contributed by atoms with Crippen LogP contribution in [0.1, 0.15) is 36.8 Å². The van der Waals surface area contributed by atoms with Crippen molar-refractivity contribution in [3.8, 4) is 17.2 Å². The fourth-order valence-corrected chi connectivity index (χ4v) is 4.39. The number of carbonyl (C=O) groups excluding carboxylic acids is 1. The van der Waals surface area contributed by atoms with Crippen LogP contribution in [0.4, 0.5) is 0 Å². The molecule has 0 fully saturated rings. The van der Waals surface area contributed by atoms with Crippen molar-refractivity contribution >= 4 is 17.7 Å². The molecule has 1 aliphatic heterocycles. The zero-order chi connectivity index (χ0) is 24.6. The Bertz CT molecular complexity index is 1160. The van der Waals surface area contributed by atoms with Gasteiger partial charge in [-0.3, -0.25) is 0 Å². The van der Waals surface area contributed by atoms with Gasteiger partial charge < -0.3 is 13.9 Å². The van der Waals surface area contributed by atoms with Gasteiger partial charge in [0.05, 0.1) is 18.9 Å². The van der Waals surface area contributed by atoms with E-state index < -0.39 is 0 Å². The van der Waals surface area contributed by atoms with Crippen molar-refractivity contribution in [3.63, 3.8) is 0 Å². The Hall–Kier alpha value is -3.09. The van der Waals surface area contributed by atoms with Gasteiger partial charge in [-0.1, -0.05) is 30.3 Å². The number of ether oxygens (including phenoxy) is 2. The molecule has 1 aliphatic rings. The summed E-state index contributed by atoms with van der Waals surface area (Å²) in [7, 11) is 0. The van der Waals surface area contributed by atoms with Crippen LogP contribution >= 0.6 is 11.8 Å². The van der Waals surface area contributed by atoms with Crippen molar-refractivity contribution in [2.24, 2.45) is 0 Å². The van der Waals surface area contributed by atoms with Crippen molar-refractivity contribution in [1.29, 1.82) is 0 Å². The number of aromatic nitrogens is 1. The van der Waals surface area contributed by atoms with Gasteiger partial charge in [0.15, 0.2) is 0 Å². The average Bonchev–Trinajstić information content (AvgIpc) is 3.24. The lowest BCUT2D eigenvalue weighted by molar-refractivity contribution is -0.138. The number of nitrogens with zero attached hydrogens (tertiary/aromatic N) is 2. The fourth-order valence-electron chi connectivity index (χ4n) is 4.16. The number of rotatable bonds is 10. The van der Waals surface area contributed by atoms with Crippen LogP contribution in [-0.2, 0) is 22.4 Å². The van der Waals surface area contributed by atoms with Crippen LogP contribution in [0.3, 0.4) is 0 Å². The van der Waals surface area contributed by atoms with Crippen molar-refractivity contribution in [1.82, 2.24) is 9.40 Å². The molecule has 0 spiro atoms. The summed E-state index contributed by atoms with van der Waals surface area (Å²) in [6, 6.07) is 18.0. The van der Waals surface area contributed by atoms with E-state index in [1.54, 1.807) is 4.42 Å². The second kappa shape index (κ2) is 12.0. The molecule has 184 valence electrons. The third-order valence-corrected chi connectivity index (χ3v) is 6.36. The SMILES string of the molecule is CCOC(=O)C1=C(CCc2ccc(OCCc3nc(-c4ccccc4)oc3C)cc2)CN(Cl)CC1. The van der Waals surface area contributed by atoms with Crippen LogP contribution in [-0.4, -0.2) is 41.7 Å². The Kier molecular flexibility index (Phi) is 8.61. The van der Waals surface area contributed by atoms with E-state index in [2.05, 4.69) is 17.1 Å². The average molecular weight is 495 g/mol. The monoisotopic (exact) mass is 494 g/mol. The van der Waals surface area contributed by atoms with Crippen LogP contribution in [0.15, 0.2) is 70.2 Å². The molecule has 7 heteroatoms. The Morgan fingerprint density at radius 3 is 2.60 bits per heavy atom. The maximum Gasteiger partial charge on any atom is 0.334 e. The van der Waals surface area contributed by atoms with Crippen molar-refractivity contribution < 1.29 is 18.7 Å². The number of aryl methyl sites for hydroxylation is 2. The van der Waals surface area contributed by atoms with Gasteiger partial charge in [-0.15, -0.1) is 0 Å². The number of halogens is 1. The van der Waals surface area contributed by atoms with E-state index in [1.807, 2.05) is 56.3 Å². The lowest BCUT2D eigenvalue weighted by Gasteiger charge is -2.25. The Labute approximate surface area is 211 Å². The molecule has 0 saturated heterocycles. The van der Waals surface area contributed by atoms with E-state index in [-0.39, 0.29) is 5.97 Å². The number of hydrogen-bond donors (Lipinski definition) is 0. The van der Waals surface area contributed by atoms with Gasteiger partial charge in [-0.05, 0) is 80.3 Å². The van der Waals surface area contributed by atoms with Crippen LogP contribution in [0.25, 0.3) is 11.5 Å². The van der Waals surface area contributed by atoms with Crippen LogP contribution in [0.2, 0.25) is 0 Å². The molecule has 0 N–H and O–H groups in total. The molecule has 0 saturated carbocycles. The molecular weight excluding hydrogens is 464 g/mol. The van der Waals surface area contributed by atoms with Gasteiger partial charge in [-0.2, -0.15) is 0 Å². The number of oxazole rings is 1. The largest absolute Gasteiger partial charge is 0.493 e. The maximum absolute atomic E-state index is 12.3. The molecule has 0 radical (unpaired) electrons. The lowest BCUT2D eigenvalue weighted by atomic mass is 9.95. The fraction of sp³-hybridized carbons (Fsp3) is 0.357. The molecule has 0 aliphatic carbocycles. The van der Waals surface area contributed by atoms with Crippen LogP contribution in [0, 0.1) is 6.92 Å². The number of benzene rings is 2. The first-order valence-electron chi connectivity index (χ1n) is 12.1. The van der Waals surface area contributed by atoms with E-state index in [0.29, 0.717) is 45.0 Å². The Morgan fingerprint density at radius 1 is 1.09 bits per heavy atom. The normalized spacial score (nSPS) is 14.3. The first-order valence-corrected chi connectivity index (χ1v) is 12.4. The molecule has 0 amide bonds. The molecule has 3 aromatic rings. The van der Waals surface area contributed by atoms with Gasteiger partial charge in [-0.25, -0.2) is 14.2 Å². The summed E-state index contributed by atoms with van der Waals surface area (Å²) in [6.45, 7) is 5.90. The zero-order valence-corrected chi connectivity index (χ0v) is 21.0. The van der Waals surface area contributed by atoms with Crippen LogP contribution in [0.5, 0.6) is 5.75 Å². The summed E-state index contributed by atoms with van der Waals surface area (Å²) in [5.74, 6) is 2.06. The summed E-state index contributed by atoms with van der Waals surface area (Å²) in [5.41, 5.74) is 4.90. The maximum atomic E-state index is 12.3. The van der Waals surface area contributed by atoms with E-state index in [1.165, 1.54) is 5.56 Å². The molecule has 6 nitrogen and oxygen atoms in total. The topological polar surface area (TPSA) is 64.8 Å². The third-order valence-electron chi connectivity index (χ3n) is 6.08. The Morgan fingerprint density at radius 2 is 1.86 bits per heavy atom. The highest BCUT2D eigenvalue weighted by Crippen LogP contribution is 2.25. The summed E-state index contributed by atoms with van der Waals surface area (Å²) < 4.78 is 18.7. The summed E-state index contributed by atoms with van der Waals surface area (Å²) in [5, 5.41) is 0. The predicted octanol–water partition coefficient (Wildman–Crippen LogP) is 5.92. The summed E-state index contributed by atoms with van der Waals surface area (Å²) >= 11 is 6.22. The number of hydrogen-bond acceptors (Lipinski definition) is 6. The molecule has 0 unspecified atom stereocenters. The molecule has 4 rings (SSSR count). The van der Waals surface area contributed by atoms with Crippen molar-refractivity contribution in [2.45, 2.75) is 39.5 Å². The summed E-state index contributed by atoms with van der Waals surface area (Å²) in [6.07, 6.45) is 2.89. The second-order valence-corrected chi connectivity index (χ2v) is 9.01. The van der Waals surface area contributed by atoms with Crippen molar-refractivity contribution in [3.05, 3.63) is 82.8 Å². The van der Waals surface area contributed by atoms with E-state index in [0.717, 1.165) is 46.8 Å². The van der Waals surface area contributed by atoms with Crippen LogP contribution < -0.4 is 4.74 Å². The van der Waals surface area contributed by atoms with Gasteiger partial charge in [0.2, 0.25) is 5.89 Å². The number of carbonyl (C=O) groups is 1. The molecule has 35 heavy (non-hydrogen) atoms. The van der Waals surface area contributed by atoms with Gasteiger partial charge >= 0.3 is 5.97 Å². The molecule has 1 aromatic heterocycles. The van der Waals surface area contributed by atoms with Crippen molar-refractivity contribution in [2.75, 3.05) is 26.3 Å². The molecular formula is C28H31ClN2O4. The summed E-state index contributed by atoms with van der Waals surface area (Å²) in [4.78, 5) is 16.9. The lowest BCUT2D eigenvalue weighted by Crippen LogP contribution is -2.27. The third kappa shape index (κ3) is 6.74. The van der Waals surface area contributed by atoms with Gasteiger partial charge in [0.1, 0.15) is 11.5 Å². The molecule has 0 atom stereocenters. The minimum atomic E-state index is -0.214. The first-order chi connectivity index (χ1) is 17.0. The van der Waals surface area contributed by atoms with E-state index in [9.17, 15) is 4.79 Å². The predicted molar refractivity (Wildman–Crippen MR) is 136 cm³/mol. The second-order valence-electron chi connectivity index (χ2n) is 8.53. The minimum absolute atomic E-state index is 0.214. The standard InChI is InChI=1S/C28H31ClN2O4/c1-3-33-28(32)25-15-17-31(29)19-23(25)12-9-21-10-13-24(14-11-21)34-18-16-26-20(2)35-27(30-26)22-7-5-4-6-8-22/h4-8,10-11,13-14H,3,9,12,15-19H2,1-2H3. The zero-order valence-electron chi connectivity index (χ0n) is 20.3. The van der Waals surface area contributed by atoms with E-state index in [4.69, 9.17) is 25.7 Å². The minimum Gasteiger partial charge on any atom is -0.493 e. The first kappa shape index (κ1) is 25.0. The molecule has 2 heterocycles. The highest BCUT2D eigenvalue weighted by atomic mass is 35.5. The van der Waals surface area contributed by atoms with Gasteiger partial charge in [0, 0.05) is 30.6 Å². The van der Waals surface area contributed by atoms with E-state index >= 15 is 0 Å². The highest BCUT2D eigenvalue weighted by Gasteiger charge is 2.23. The molecule has 0 bridgehead atoms. The van der Waals surface area contributed by atoms with Gasteiger partial charge in [0.25, 0.3) is 0 Å². The molecule has 2 aromatic carbocycles. The quantitative estimate of drug-likeness (QED) is 0.257. The number of esters is 1. The Balaban J connectivity index is 1.29. The smallest absolute Gasteiger partial charge is 0.334 e. The highest BCUT2D eigenvalue weighted by molar-refractivity contribution is 6.13.